The van der Waals surface area contributed by atoms with Crippen LogP contribution in [0.15, 0.2) is 24.3 Å². The van der Waals surface area contributed by atoms with Gasteiger partial charge in [0.1, 0.15) is 6.04 Å². The maximum absolute atomic E-state index is 12.8. The molecule has 1 aliphatic rings. The molecule has 0 unspecified atom stereocenters. The maximum Gasteiger partial charge on any atom is 0.416 e. The standard InChI is InChI=1S/C18H22F3NO3/c1-25-17(24)15(22-16(23)13-7-3-2-4-8-13)11-12-6-5-9-14(10-12)18(19,20)21/h5-6,9-10,13,15H,2-4,7-8,11H2,1H3,(H,22,23)/t15-/m0/s1. The number of carbonyl (C=O) groups is 2. The molecule has 0 aliphatic heterocycles. The molecule has 1 amide bonds. The summed E-state index contributed by atoms with van der Waals surface area (Å²) in [5.74, 6) is -1.05. The fourth-order valence-electron chi connectivity index (χ4n) is 3.10. The quantitative estimate of drug-likeness (QED) is 0.821. The predicted molar refractivity (Wildman–Crippen MR) is 85.7 cm³/mol. The van der Waals surface area contributed by atoms with Gasteiger partial charge in [0.25, 0.3) is 0 Å². The Kier molecular flexibility index (Phi) is 6.45. The van der Waals surface area contributed by atoms with E-state index in [-0.39, 0.29) is 18.2 Å². The van der Waals surface area contributed by atoms with Crippen LogP contribution in [-0.2, 0) is 26.9 Å². The number of alkyl halides is 3. The van der Waals surface area contributed by atoms with Gasteiger partial charge in [-0.25, -0.2) is 4.79 Å². The number of esters is 1. The van der Waals surface area contributed by atoms with Crippen LogP contribution < -0.4 is 5.32 Å². The van der Waals surface area contributed by atoms with Gasteiger partial charge in [-0.2, -0.15) is 13.2 Å². The van der Waals surface area contributed by atoms with Crippen molar-refractivity contribution in [1.82, 2.24) is 5.32 Å². The number of amides is 1. The van der Waals surface area contributed by atoms with Crippen molar-refractivity contribution in [3.05, 3.63) is 35.4 Å². The number of rotatable bonds is 5. The number of ether oxygens (including phenoxy) is 1. The molecule has 0 bridgehead atoms. The molecule has 1 aromatic carbocycles. The van der Waals surface area contributed by atoms with E-state index in [1.165, 1.54) is 19.2 Å². The minimum Gasteiger partial charge on any atom is -0.467 e. The maximum atomic E-state index is 12.8. The van der Waals surface area contributed by atoms with Crippen LogP contribution in [0.5, 0.6) is 0 Å². The predicted octanol–water partition coefficient (Wildman–Crippen LogP) is 3.49. The Morgan fingerprint density at radius 1 is 1.24 bits per heavy atom. The molecule has 7 heteroatoms. The zero-order valence-corrected chi connectivity index (χ0v) is 14.1. The number of hydrogen-bond acceptors (Lipinski definition) is 3. The number of hydrogen-bond donors (Lipinski definition) is 1. The molecule has 0 aromatic heterocycles. The van der Waals surface area contributed by atoms with Crippen molar-refractivity contribution in [3.63, 3.8) is 0 Å². The summed E-state index contributed by atoms with van der Waals surface area (Å²) >= 11 is 0. The lowest BCUT2D eigenvalue weighted by molar-refractivity contribution is -0.145. The number of methoxy groups -OCH3 is 1. The molecule has 0 radical (unpaired) electrons. The summed E-state index contributed by atoms with van der Waals surface area (Å²) in [6.07, 6.45) is 0.0569. The van der Waals surface area contributed by atoms with Crippen LogP contribution >= 0.6 is 0 Å². The smallest absolute Gasteiger partial charge is 0.416 e. The minimum absolute atomic E-state index is 0.0466. The van der Waals surface area contributed by atoms with E-state index in [0.717, 1.165) is 44.2 Å². The van der Waals surface area contributed by atoms with E-state index >= 15 is 0 Å². The van der Waals surface area contributed by atoms with Gasteiger partial charge >= 0.3 is 12.1 Å². The fraction of sp³-hybridized carbons (Fsp3) is 0.556. The Balaban J connectivity index is 2.10. The van der Waals surface area contributed by atoms with Crippen LogP contribution in [0.2, 0.25) is 0 Å². The summed E-state index contributed by atoms with van der Waals surface area (Å²) in [5.41, 5.74) is -0.471. The molecule has 1 atom stereocenters. The first-order chi connectivity index (χ1) is 11.8. The van der Waals surface area contributed by atoms with Crippen molar-refractivity contribution in [3.8, 4) is 0 Å². The summed E-state index contributed by atoms with van der Waals surface area (Å²) < 4.78 is 43.2. The van der Waals surface area contributed by atoms with Gasteiger partial charge in [0.15, 0.2) is 0 Å². The van der Waals surface area contributed by atoms with Gasteiger partial charge < -0.3 is 10.1 Å². The molecule has 1 N–H and O–H groups in total. The van der Waals surface area contributed by atoms with Gasteiger partial charge in [0.05, 0.1) is 12.7 Å². The van der Waals surface area contributed by atoms with Gasteiger partial charge in [0, 0.05) is 12.3 Å². The molecular formula is C18H22F3NO3. The van der Waals surface area contributed by atoms with Gasteiger partial charge in [-0.15, -0.1) is 0 Å². The third-order valence-corrected chi connectivity index (χ3v) is 4.47. The second kappa shape index (κ2) is 8.36. The monoisotopic (exact) mass is 357 g/mol. The van der Waals surface area contributed by atoms with Crippen LogP contribution in [0.4, 0.5) is 13.2 Å². The number of nitrogens with one attached hydrogen (secondary N) is 1. The lowest BCUT2D eigenvalue weighted by atomic mass is 9.88. The van der Waals surface area contributed by atoms with Gasteiger partial charge in [-0.1, -0.05) is 37.5 Å². The molecule has 0 heterocycles. The molecule has 1 aliphatic carbocycles. The lowest BCUT2D eigenvalue weighted by Crippen LogP contribution is -2.45. The highest BCUT2D eigenvalue weighted by Crippen LogP contribution is 2.30. The van der Waals surface area contributed by atoms with Gasteiger partial charge in [-0.05, 0) is 24.5 Å². The summed E-state index contributed by atoms with van der Waals surface area (Å²) in [5, 5.41) is 2.65. The largest absolute Gasteiger partial charge is 0.467 e. The van der Waals surface area contributed by atoms with Crippen molar-refractivity contribution < 1.29 is 27.5 Å². The highest BCUT2D eigenvalue weighted by molar-refractivity contribution is 5.86. The Bertz CT molecular complexity index is 610. The number of carbonyl (C=O) groups excluding carboxylic acids is 2. The Labute approximate surface area is 144 Å². The third kappa shape index (κ3) is 5.47. The zero-order chi connectivity index (χ0) is 18.4. The van der Waals surface area contributed by atoms with Crippen molar-refractivity contribution in [2.24, 2.45) is 5.92 Å². The molecule has 1 fully saturated rings. The van der Waals surface area contributed by atoms with E-state index in [4.69, 9.17) is 4.74 Å². The molecular weight excluding hydrogens is 335 g/mol. The normalized spacial score (nSPS) is 17.0. The van der Waals surface area contributed by atoms with Crippen molar-refractivity contribution in [2.75, 3.05) is 7.11 Å². The highest BCUT2D eigenvalue weighted by Gasteiger charge is 2.31. The van der Waals surface area contributed by atoms with Gasteiger partial charge in [0.2, 0.25) is 5.91 Å². The van der Waals surface area contributed by atoms with Crippen molar-refractivity contribution in [1.29, 1.82) is 0 Å². The second-order valence-electron chi connectivity index (χ2n) is 6.32. The second-order valence-corrected chi connectivity index (χ2v) is 6.32. The topological polar surface area (TPSA) is 55.4 Å². The van der Waals surface area contributed by atoms with E-state index in [0.29, 0.717) is 5.56 Å². The Morgan fingerprint density at radius 3 is 2.52 bits per heavy atom. The summed E-state index contributed by atoms with van der Waals surface area (Å²) in [6.45, 7) is 0. The first-order valence-corrected chi connectivity index (χ1v) is 8.35. The molecule has 0 spiro atoms. The first-order valence-electron chi connectivity index (χ1n) is 8.35. The average molecular weight is 357 g/mol. The van der Waals surface area contributed by atoms with Gasteiger partial charge in [-0.3, -0.25) is 4.79 Å². The summed E-state index contributed by atoms with van der Waals surface area (Å²) in [6, 6.07) is 3.75. The Hall–Kier alpha value is -2.05. The number of benzene rings is 1. The molecule has 138 valence electrons. The first kappa shape index (κ1) is 19.3. The molecule has 0 saturated heterocycles. The summed E-state index contributed by atoms with van der Waals surface area (Å²) in [7, 11) is 1.19. The summed E-state index contributed by atoms with van der Waals surface area (Å²) in [4.78, 5) is 24.3. The molecule has 4 nitrogen and oxygen atoms in total. The van der Waals surface area contributed by atoms with Crippen LogP contribution in [0.1, 0.15) is 43.2 Å². The third-order valence-electron chi connectivity index (χ3n) is 4.47. The van der Waals surface area contributed by atoms with Crippen LogP contribution in [0.25, 0.3) is 0 Å². The molecule has 1 saturated carbocycles. The molecule has 2 rings (SSSR count). The minimum atomic E-state index is -4.46. The highest BCUT2D eigenvalue weighted by atomic mass is 19.4. The van der Waals surface area contributed by atoms with E-state index in [1.54, 1.807) is 0 Å². The lowest BCUT2D eigenvalue weighted by Gasteiger charge is -2.24. The van der Waals surface area contributed by atoms with E-state index in [9.17, 15) is 22.8 Å². The van der Waals surface area contributed by atoms with Crippen LogP contribution in [0.3, 0.4) is 0 Å². The molecule has 1 aromatic rings. The van der Waals surface area contributed by atoms with E-state index in [1.807, 2.05) is 0 Å². The fourth-order valence-corrected chi connectivity index (χ4v) is 3.10. The average Bonchev–Trinajstić information content (AvgIpc) is 2.60. The van der Waals surface area contributed by atoms with Crippen molar-refractivity contribution in [2.45, 2.75) is 50.7 Å². The molecule has 25 heavy (non-hydrogen) atoms. The van der Waals surface area contributed by atoms with E-state index in [2.05, 4.69) is 5.32 Å². The van der Waals surface area contributed by atoms with E-state index < -0.39 is 23.8 Å². The number of halogens is 3. The van der Waals surface area contributed by atoms with Crippen molar-refractivity contribution >= 4 is 11.9 Å². The van der Waals surface area contributed by atoms with Crippen LogP contribution in [-0.4, -0.2) is 25.0 Å². The zero-order valence-electron chi connectivity index (χ0n) is 14.1. The Morgan fingerprint density at radius 2 is 1.92 bits per heavy atom. The SMILES string of the molecule is COC(=O)[C@H](Cc1cccc(C(F)(F)F)c1)NC(=O)C1CCCCC1. The van der Waals surface area contributed by atoms with Crippen LogP contribution in [0, 0.1) is 5.92 Å².